The minimum absolute atomic E-state index is 0.179. The molecule has 0 spiro atoms. The Bertz CT molecular complexity index is 874. The van der Waals surface area contributed by atoms with Gasteiger partial charge in [-0.2, -0.15) is 4.99 Å². The molecule has 0 saturated heterocycles. The lowest BCUT2D eigenvalue weighted by atomic mass is 10.1. The molecule has 0 N–H and O–H groups in total. The molecule has 106 valence electrons. The van der Waals surface area contributed by atoms with Gasteiger partial charge in [0.1, 0.15) is 0 Å². The van der Waals surface area contributed by atoms with Crippen molar-refractivity contribution < 1.29 is 4.79 Å². The Hall–Kier alpha value is -2.20. The highest BCUT2D eigenvalue weighted by Gasteiger charge is 2.09. The maximum absolute atomic E-state index is 12.4. The number of thiazole rings is 1. The van der Waals surface area contributed by atoms with Gasteiger partial charge in [0.15, 0.2) is 4.80 Å². The maximum atomic E-state index is 12.4. The van der Waals surface area contributed by atoms with Crippen LogP contribution in [0, 0.1) is 6.92 Å². The van der Waals surface area contributed by atoms with Gasteiger partial charge < -0.3 is 4.57 Å². The topological polar surface area (TPSA) is 34.4 Å². The number of rotatable bonds is 2. The zero-order valence-electron chi connectivity index (χ0n) is 12.0. The van der Waals surface area contributed by atoms with E-state index in [-0.39, 0.29) is 5.91 Å². The standard InChI is InChI=1S/C17H16N2OS/c1-3-19-14-10-6-7-11-15(14)21-17(19)18-16(20)13-9-5-4-8-12(13)2/h4-11H,3H2,1-2H3. The Labute approximate surface area is 127 Å². The van der Waals surface area contributed by atoms with Gasteiger partial charge in [-0.25, -0.2) is 0 Å². The van der Waals surface area contributed by atoms with Crippen molar-refractivity contribution in [3.63, 3.8) is 0 Å². The molecule has 1 heterocycles. The van der Waals surface area contributed by atoms with E-state index in [9.17, 15) is 4.79 Å². The van der Waals surface area contributed by atoms with Crippen molar-refractivity contribution in [2.45, 2.75) is 20.4 Å². The Kier molecular flexibility index (Phi) is 3.71. The summed E-state index contributed by atoms with van der Waals surface area (Å²) in [6.07, 6.45) is 0. The van der Waals surface area contributed by atoms with E-state index in [1.807, 2.05) is 43.3 Å². The van der Waals surface area contributed by atoms with Crippen LogP contribution in [0.1, 0.15) is 22.8 Å². The number of aromatic nitrogens is 1. The minimum atomic E-state index is -0.179. The molecule has 0 radical (unpaired) electrons. The van der Waals surface area contributed by atoms with Gasteiger partial charge in [0.05, 0.1) is 10.2 Å². The molecule has 3 rings (SSSR count). The predicted octanol–water partition coefficient (Wildman–Crippen LogP) is 3.77. The monoisotopic (exact) mass is 296 g/mol. The number of nitrogens with zero attached hydrogens (tertiary/aromatic N) is 2. The number of carbonyl (C=O) groups is 1. The fourth-order valence-electron chi connectivity index (χ4n) is 2.37. The van der Waals surface area contributed by atoms with Gasteiger partial charge in [-0.05, 0) is 37.6 Å². The van der Waals surface area contributed by atoms with E-state index >= 15 is 0 Å². The first kappa shape index (κ1) is 13.8. The minimum Gasteiger partial charge on any atom is -0.317 e. The summed E-state index contributed by atoms with van der Waals surface area (Å²) >= 11 is 1.55. The van der Waals surface area contributed by atoms with Gasteiger partial charge in [0.25, 0.3) is 5.91 Å². The Morgan fingerprint density at radius 3 is 2.62 bits per heavy atom. The van der Waals surface area contributed by atoms with Crippen molar-refractivity contribution in [1.29, 1.82) is 0 Å². The summed E-state index contributed by atoms with van der Waals surface area (Å²) in [5, 5.41) is 0. The molecule has 1 amide bonds. The summed E-state index contributed by atoms with van der Waals surface area (Å²) in [5.41, 5.74) is 2.74. The molecule has 2 aromatic carbocycles. The van der Waals surface area contributed by atoms with Crippen LogP contribution in [0.4, 0.5) is 0 Å². The first-order valence-corrected chi connectivity index (χ1v) is 7.75. The molecule has 4 heteroatoms. The molecular formula is C17H16N2OS. The number of aryl methyl sites for hydroxylation is 2. The molecular weight excluding hydrogens is 280 g/mol. The highest BCUT2D eigenvalue weighted by Crippen LogP contribution is 2.17. The molecule has 0 bridgehead atoms. The molecule has 3 nitrogen and oxygen atoms in total. The molecule has 0 aliphatic heterocycles. The highest BCUT2D eigenvalue weighted by molar-refractivity contribution is 7.16. The van der Waals surface area contributed by atoms with E-state index < -0.39 is 0 Å². The van der Waals surface area contributed by atoms with Crippen LogP contribution in [0.5, 0.6) is 0 Å². The third-order valence-corrected chi connectivity index (χ3v) is 4.54. The molecule has 3 aromatic rings. The second-order valence-corrected chi connectivity index (χ2v) is 5.84. The van der Waals surface area contributed by atoms with E-state index in [0.29, 0.717) is 5.56 Å². The van der Waals surface area contributed by atoms with E-state index in [0.717, 1.165) is 27.1 Å². The first-order chi connectivity index (χ1) is 10.2. The van der Waals surface area contributed by atoms with E-state index in [1.165, 1.54) is 0 Å². The fourth-order valence-corrected chi connectivity index (χ4v) is 3.46. The first-order valence-electron chi connectivity index (χ1n) is 6.93. The van der Waals surface area contributed by atoms with Crippen LogP contribution < -0.4 is 4.80 Å². The second-order valence-electron chi connectivity index (χ2n) is 4.83. The van der Waals surface area contributed by atoms with Crippen molar-refractivity contribution in [2.24, 2.45) is 4.99 Å². The largest absolute Gasteiger partial charge is 0.317 e. The van der Waals surface area contributed by atoms with E-state index in [2.05, 4.69) is 28.6 Å². The van der Waals surface area contributed by atoms with Crippen molar-refractivity contribution in [3.05, 3.63) is 64.5 Å². The van der Waals surface area contributed by atoms with Gasteiger partial charge in [-0.3, -0.25) is 4.79 Å². The average molecular weight is 296 g/mol. The van der Waals surface area contributed by atoms with Crippen molar-refractivity contribution in [2.75, 3.05) is 0 Å². The number of para-hydroxylation sites is 1. The smallest absolute Gasteiger partial charge is 0.279 e. The van der Waals surface area contributed by atoms with Crippen LogP contribution >= 0.6 is 11.3 Å². The van der Waals surface area contributed by atoms with Gasteiger partial charge in [-0.1, -0.05) is 41.7 Å². The molecule has 0 saturated carbocycles. The number of hydrogen-bond acceptors (Lipinski definition) is 2. The van der Waals surface area contributed by atoms with Crippen LogP contribution in [-0.4, -0.2) is 10.5 Å². The lowest BCUT2D eigenvalue weighted by Gasteiger charge is -2.01. The molecule has 0 fully saturated rings. The summed E-state index contributed by atoms with van der Waals surface area (Å²) in [6, 6.07) is 15.7. The number of amides is 1. The SMILES string of the molecule is CCn1c(=NC(=O)c2ccccc2C)sc2ccccc21. The Morgan fingerprint density at radius 1 is 1.14 bits per heavy atom. The van der Waals surface area contributed by atoms with Crippen LogP contribution in [0.25, 0.3) is 10.2 Å². The summed E-state index contributed by atoms with van der Waals surface area (Å²) < 4.78 is 3.23. The summed E-state index contributed by atoms with van der Waals surface area (Å²) in [5.74, 6) is -0.179. The zero-order chi connectivity index (χ0) is 14.8. The number of benzene rings is 2. The third kappa shape index (κ3) is 2.54. The van der Waals surface area contributed by atoms with Gasteiger partial charge >= 0.3 is 0 Å². The quantitative estimate of drug-likeness (QED) is 0.709. The lowest BCUT2D eigenvalue weighted by Crippen LogP contribution is -2.16. The number of fused-ring (bicyclic) bond motifs is 1. The van der Waals surface area contributed by atoms with Gasteiger partial charge in [-0.15, -0.1) is 0 Å². The van der Waals surface area contributed by atoms with Gasteiger partial charge in [0, 0.05) is 12.1 Å². The Balaban J connectivity index is 2.16. The van der Waals surface area contributed by atoms with Crippen molar-refractivity contribution >= 4 is 27.5 Å². The fraction of sp³-hybridized carbons (Fsp3) is 0.176. The van der Waals surface area contributed by atoms with Crippen LogP contribution in [0.15, 0.2) is 53.5 Å². The van der Waals surface area contributed by atoms with Crippen molar-refractivity contribution in [3.8, 4) is 0 Å². The average Bonchev–Trinajstić information content (AvgIpc) is 2.84. The highest BCUT2D eigenvalue weighted by atomic mass is 32.1. The Morgan fingerprint density at radius 2 is 1.86 bits per heavy atom. The van der Waals surface area contributed by atoms with E-state index in [1.54, 1.807) is 11.3 Å². The summed E-state index contributed by atoms with van der Waals surface area (Å²) in [4.78, 5) is 17.5. The van der Waals surface area contributed by atoms with Gasteiger partial charge in [0.2, 0.25) is 0 Å². The zero-order valence-corrected chi connectivity index (χ0v) is 12.9. The summed E-state index contributed by atoms with van der Waals surface area (Å²) in [7, 11) is 0. The van der Waals surface area contributed by atoms with Crippen molar-refractivity contribution in [1.82, 2.24) is 4.57 Å². The number of hydrogen-bond donors (Lipinski definition) is 0. The maximum Gasteiger partial charge on any atom is 0.279 e. The van der Waals surface area contributed by atoms with Crippen LogP contribution in [0.2, 0.25) is 0 Å². The molecule has 0 aliphatic carbocycles. The second kappa shape index (κ2) is 5.66. The molecule has 1 aromatic heterocycles. The third-order valence-electron chi connectivity index (χ3n) is 3.48. The lowest BCUT2D eigenvalue weighted by molar-refractivity contribution is 0.0997. The summed E-state index contributed by atoms with van der Waals surface area (Å²) in [6.45, 7) is 4.79. The van der Waals surface area contributed by atoms with E-state index in [4.69, 9.17) is 0 Å². The molecule has 0 atom stereocenters. The molecule has 21 heavy (non-hydrogen) atoms. The predicted molar refractivity (Wildman–Crippen MR) is 86.6 cm³/mol. The molecule has 0 aliphatic rings. The van der Waals surface area contributed by atoms with Crippen LogP contribution in [-0.2, 0) is 6.54 Å². The number of carbonyl (C=O) groups excluding carboxylic acids is 1. The molecule has 0 unspecified atom stereocenters. The van der Waals surface area contributed by atoms with Crippen LogP contribution in [0.3, 0.4) is 0 Å². The normalized spacial score (nSPS) is 12.0.